The van der Waals surface area contributed by atoms with Crippen LogP contribution in [-0.2, 0) is 0 Å². The first-order valence-electron chi connectivity index (χ1n) is 4.03. The molecule has 15 heavy (non-hydrogen) atoms. The summed E-state index contributed by atoms with van der Waals surface area (Å²) in [5, 5.41) is 7.74. The molecular weight excluding hydrogens is 200 g/mol. The molecule has 0 atom stereocenters. The Bertz CT molecular complexity index is 374. The second-order valence-electron chi connectivity index (χ2n) is 2.58. The standard InChI is InChI=1S/C8H11N4O3/c1-15-7-4-2-6(3-5-7)10-8(9)11-12(13)14/h2-5H,1H3,(H,13,14)(H3,9,10,11)/q+1. The number of hydrogen-bond acceptors (Lipinski definition) is 3. The number of nitrogens with one attached hydrogen (secondary N) is 1. The molecule has 0 aliphatic rings. The Morgan fingerprint density at radius 1 is 1.53 bits per heavy atom. The topological polar surface area (TPSA) is 100.0 Å². The van der Waals surface area contributed by atoms with Crippen molar-refractivity contribution in [3.8, 4) is 5.75 Å². The van der Waals surface area contributed by atoms with Crippen molar-refractivity contribution >= 4 is 11.6 Å². The zero-order chi connectivity index (χ0) is 11.3. The second-order valence-corrected chi connectivity index (χ2v) is 2.58. The predicted octanol–water partition coefficient (Wildman–Crippen LogP) is 0.314. The Labute approximate surface area is 85.7 Å². The fourth-order valence-corrected chi connectivity index (χ4v) is 0.919. The van der Waals surface area contributed by atoms with Gasteiger partial charge in [0.25, 0.3) is 5.96 Å². The van der Waals surface area contributed by atoms with Crippen LogP contribution in [0.4, 0.5) is 5.69 Å². The van der Waals surface area contributed by atoms with Gasteiger partial charge in [-0.1, -0.05) is 0 Å². The summed E-state index contributed by atoms with van der Waals surface area (Å²) in [6.45, 7) is 0. The van der Waals surface area contributed by atoms with E-state index in [2.05, 4.69) is 4.99 Å². The van der Waals surface area contributed by atoms with E-state index in [9.17, 15) is 4.91 Å². The van der Waals surface area contributed by atoms with Crippen molar-refractivity contribution in [2.75, 3.05) is 7.11 Å². The zero-order valence-corrected chi connectivity index (χ0v) is 8.04. The first-order valence-corrected chi connectivity index (χ1v) is 4.03. The summed E-state index contributed by atoms with van der Waals surface area (Å²) in [5.41, 5.74) is 7.66. The molecule has 1 rings (SSSR count). The minimum absolute atomic E-state index is 0.210. The molecule has 1 aromatic carbocycles. The normalized spacial score (nSPS) is 10.9. The number of guanidine groups is 1. The lowest BCUT2D eigenvalue weighted by molar-refractivity contribution is -0.822. The summed E-state index contributed by atoms with van der Waals surface area (Å²) in [5.74, 6) is 0.478. The van der Waals surface area contributed by atoms with Crippen molar-refractivity contribution in [3.63, 3.8) is 0 Å². The van der Waals surface area contributed by atoms with E-state index in [1.807, 2.05) is 5.43 Å². The summed E-state index contributed by atoms with van der Waals surface area (Å²) >= 11 is 0. The van der Waals surface area contributed by atoms with Gasteiger partial charge < -0.3 is 10.5 Å². The van der Waals surface area contributed by atoms with E-state index in [0.29, 0.717) is 11.4 Å². The number of nitrogens with two attached hydrogens (primary N) is 1. The molecule has 0 aliphatic carbocycles. The lowest BCUT2D eigenvalue weighted by Gasteiger charge is -1.99. The molecule has 4 N–H and O–H groups in total. The largest absolute Gasteiger partial charge is 0.497 e. The Kier molecular flexibility index (Phi) is 3.44. The van der Waals surface area contributed by atoms with Crippen LogP contribution in [0.25, 0.3) is 0 Å². The van der Waals surface area contributed by atoms with Crippen molar-refractivity contribution in [1.29, 1.82) is 0 Å². The molecule has 7 heteroatoms. The average molecular weight is 211 g/mol. The molecule has 1 aromatic rings. The number of rotatable bonds is 3. The molecule has 0 amide bonds. The van der Waals surface area contributed by atoms with E-state index in [1.54, 1.807) is 31.4 Å². The van der Waals surface area contributed by atoms with Crippen molar-refractivity contribution in [3.05, 3.63) is 29.2 Å². The van der Waals surface area contributed by atoms with Crippen molar-refractivity contribution < 1.29 is 15.0 Å². The molecular formula is C8H11N4O3+. The number of aliphatic imine (C=N–C) groups is 1. The third-order valence-corrected chi connectivity index (χ3v) is 1.53. The lowest BCUT2D eigenvalue weighted by atomic mass is 10.3. The average Bonchev–Trinajstić information content (AvgIpc) is 2.17. The SMILES string of the molecule is COc1ccc(N=C(N)N[N+](=O)O)cc1. The van der Waals surface area contributed by atoms with Crippen LogP contribution in [0.2, 0.25) is 0 Å². The van der Waals surface area contributed by atoms with Crippen LogP contribution in [0.3, 0.4) is 0 Å². The summed E-state index contributed by atoms with van der Waals surface area (Å²) < 4.78 is 4.95. The van der Waals surface area contributed by atoms with E-state index in [-0.39, 0.29) is 5.96 Å². The minimum atomic E-state index is -0.525. The monoisotopic (exact) mass is 211 g/mol. The van der Waals surface area contributed by atoms with Gasteiger partial charge in [0.15, 0.2) is 0 Å². The highest BCUT2D eigenvalue weighted by molar-refractivity contribution is 5.79. The summed E-state index contributed by atoms with van der Waals surface area (Å²) in [7, 11) is 1.55. The highest BCUT2D eigenvalue weighted by Gasteiger charge is 2.04. The Morgan fingerprint density at radius 2 is 2.13 bits per heavy atom. The number of methoxy groups -OCH3 is 1. The predicted molar refractivity (Wildman–Crippen MR) is 52.8 cm³/mol. The van der Waals surface area contributed by atoms with E-state index in [0.717, 1.165) is 0 Å². The molecule has 0 saturated heterocycles. The summed E-state index contributed by atoms with van der Waals surface area (Å²) in [4.78, 5) is 13.9. The fraction of sp³-hybridized carbons (Fsp3) is 0.125. The third kappa shape index (κ3) is 3.51. The Morgan fingerprint density at radius 3 is 2.60 bits per heavy atom. The Hall–Kier alpha value is -2.31. The van der Waals surface area contributed by atoms with Gasteiger partial charge in [0.05, 0.1) is 12.8 Å². The van der Waals surface area contributed by atoms with Crippen molar-refractivity contribution in [1.82, 2.24) is 5.43 Å². The van der Waals surface area contributed by atoms with E-state index >= 15 is 0 Å². The smallest absolute Gasteiger partial charge is 0.362 e. The maximum Gasteiger partial charge on any atom is 0.362 e. The molecule has 0 bridgehead atoms. The van der Waals surface area contributed by atoms with E-state index in [1.165, 1.54) is 0 Å². The molecule has 0 unspecified atom stereocenters. The number of ether oxygens (including phenoxy) is 1. The van der Waals surface area contributed by atoms with Gasteiger partial charge in [0.1, 0.15) is 10.7 Å². The van der Waals surface area contributed by atoms with Crippen molar-refractivity contribution in [2.45, 2.75) is 0 Å². The van der Waals surface area contributed by atoms with Gasteiger partial charge in [-0.2, -0.15) is 0 Å². The minimum Gasteiger partial charge on any atom is -0.497 e. The molecule has 0 heterocycles. The first kappa shape index (κ1) is 10.8. The van der Waals surface area contributed by atoms with Gasteiger partial charge in [-0.05, 0) is 29.7 Å². The van der Waals surface area contributed by atoms with Crippen molar-refractivity contribution in [2.24, 2.45) is 10.7 Å². The molecule has 80 valence electrons. The summed E-state index contributed by atoms with van der Waals surface area (Å²) in [6, 6.07) is 6.69. The van der Waals surface area contributed by atoms with Crippen LogP contribution in [0.15, 0.2) is 29.3 Å². The van der Waals surface area contributed by atoms with Crippen LogP contribution in [0, 0.1) is 4.91 Å². The van der Waals surface area contributed by atoms with Gasteiger partial charge in [-0.15, -0.1) is 0 Å². The first-order chi connectivity index (χ1) is 7.11. The summed E-state index contributed by atoms with van der Waals surface area (Å²) in [6.07, 6.45) is 0. The lowest BCUT2D eigenvalue weighted by Crippen LogP contribution is -2.36. The van der Waals surface area contributed by atoms with Gasteiger partial charge in [0.2, 0.25) is 0 Å². The molecule has 0 saturated carbocycles. The number of hydrogen-bond donors (Lipinski definition) is 3. The van der Waals surface area contributed by atoms with Gasteiger partial charge >= 0.3 is 5.03 Å². The number of nitrogens with zero attached hydrogens (tertiary/aromatic N) is 2. The maximum absolute atomic E-state index is 10.1. The van der Waals surface area contributed by atoms with E-state index < -0.39 is 5.03 Å². The fourth-order valence-electron chi connectivity index (χ4n) is 0.919. The molecule has 0 spiro atoms. The van der Waals surface area contributed by atoms with Crippen LogP contribution in [0.5, 0.6) is 5.75 Å². The van der Waals surface area contributed by atoms with Crippen LogP contribution in [0.1, 0.15) is 0 Å². The molecule has 7 nitrogen and oxygen atoms in total. The number of hydrazine groups is 1. The third-order valence-electron chi connectivity index (χ3n) is 1.53. The molecule has 0 radical (unpaired) electrons. The van der Waals surface area contributed by atoms with Crippen LogP contribution in [-0.4, -0.2) is 23.3 Å². The molecule has 0 aliphatic heterocycles. The highest BCUT2D eigenvalue weighted by Crippen LogP contribution is 2.17. The molecule has 0 aromatic heterocycles. The van der Waals surface area contributed by atoms with Crippen LogP contribution < -0.4 is 15.9 Å². The zero-order valence-electron chi connectivity index (χ0n) is 8.04. The maximum atomic E-state index is 10.1. The second kappa shape index (κ2) is 4.80. The quantitative estimate of drug-likeness (QED) is 0.379. The van der Waals surface area contributed by atoms with Gasteiger partial charge in [0, 0.05) is 0 Å². The van der Waals surface area contributed by atoms with Gasteiger partial charge in [-0.3, -0.25) is 0 Å². The Balaban J connectivity index is 2.75. The van der Waals surface area contributed by atoms with E-state index in [4.69, 9.17) is 15.7 Å². The molecule has 0 fully saturated rings. The van der Waals surface area contributed by atoms with Gasteiger partial charge in [-0.25, -0.2) is 10.2 Å². The van der Waals surface area contributed by atoms with Crippen LogP contribution >= 0.6 is 0 Å². The highest BCUT2D eigenvalue weighted by atomic mass is 16.7. The number of benzene rings is 1.